The lowest BCUT2D eigenvalue weighted by molar-refractivity contribution is -0.177. The molecular weight excluding hydrogens is 418 g/mol. The second-order valence-corrected chi connectivity index (χ2v) is 8.56. The van der Waals surface area contributed by atoms with Gasteiger partial charge in [-0.15, -0.1) is 0 Å². The number of imide groups is 1. The topological polar surface area (TPSA) is 62.3 Å². The number of methoxy groups -OCH3 is 1. The van der Waals surface area contributed by atoms with Crippen molar-refractivity contribution in [3.8, 4) is 5.75 Å². The zero-order chi connectivity index (χ0) is 22.6. The molecule has 7 nitrogen and oxygen atoms in total. The molecule has 0 aromatic heterocycles. The molecule has 0 aliphatic carbocycles. The number of ether oxygens (including phenoxy) is 1. The molecule has 0 unspecified atom stereocenters. The first-order chi connectivity index (χ1) is 16.1. The molecule has 7 heteroatoms. The van der Waals surface area contributed by atoms with Gasteiger partial charge in [-0.25, -0.2) is 4.90 Å². The lowest BCUT2D eigenvalue weighted by atomic mass is 9.77. The van der Waals surface area contributed by atoms with Crippen molar-refractivity contribution in [3.63, 3.8) is 0 Å². The van der Waals surface area contributed by atoms with Crippen LogP contribution in [0.2, 0.25) is 0 Å². The van der Waals surface area contributed by atoms with Gasteiger partial charge in [-0.2, -0.15) is 5.06 Å². The maximum absolute atomic E-state index is 13.8. The Bertz CT molecular complexity index is 1200. The normalized spacial score (nSPS) is 26.6. The van der Waals surface area contributed by atoms with Gasteiger partial charge in [0.25, 0.3) is 5.91 Å². The van der Waals surface area contributed by atoms with Crippen LogP contribution < -0.4 is 14.5 Å². The van der Waals surface area contributed by atoms with Gasteiger partial charge in [0, 0.05) is 12.2 Å². The minimum Gasteiger partial charge on any atom is -0.497 e. The highest BCUT2D eigenvalue weighted by Gasteiger charge is 2.70. The van der Waals surface area contributed by atoms with Crippen molar-refractivity contribution in [2.75, 3.05) is 30.1 Å². The van der Waals surface area contributed by atoms with E-state index in [0.717, 1.165) is 17.0 Å². The van der Waals surface area contributed by atoms with Crippen molar-refractivity contribution < 1.29 is 19.2 Å². The third kappa shape index (κ3) is 2.83. The van der Waals surface area contributed by atoms with Gasteiger partial charge in [-0.05, 0) is 42.0 Å². The van der Waals surface area contributed by atoms with Gasteiger partial charge in [0.1, 0.15) is 17.2 Å². The summed E-state index contributed by atoms with van der Waals surface area (Å²) in [5, 5.41) is 1.83. The van der Waals surface area contributed by atoms with Crippen molar-refractivity contribution in [2.45, 2.75) is 11.6 Å². The van der Waals surface area contributed by atoms with Crippen LogP contribution in [0.5, 0.6) is 5.75 Å². The highest BCUT2D eigenvalue weighted by atomic mass is 16.7. The van der Waals surface area contributed by atoms with Gasteiger partial charge in [0.2, 0.25) is 5.91 Å². The quantitative estimate of drug-likeness (QED) is 0.580. The minimum absolute atomic E-state index is 0.223. The third-order valence-corrected chi connectivity index (χ3v) is 6.91. The fourth-order valence-electron chi connectivity index (χ4n) is 5.37. The van der Waals surface area contributed by atoms with Gasteiger partial charge in [0.05, 0.1) is 19.5 Å². The minimum atomic E-state index is -0.837. The molecule has 3 saturated heterocycles. The number of benzene rings is 3. The van der Waals surface area contributed by atoms with E-state index >= 15 is 0 Å². The molecule has 33 heavy (non-hydrogen) atoms. The number of para-hydroxylation sites is 1. The summed E-state index contributed by atoms with van der Waals surface area (Å²) in [5.74, 6) is -0.394. The van der Waals surface area contributed by atoms with E-state index in [1.807, 2.05) is 77.9 Å². The molecule has 0 saturated carbocycles. The number of fused-ring (bicyclic) bond motifs is 3. The van der Waals surface area contributed by atoms with Crippen LogP contribution in [-0.2, 0) is 20.0 Å². The van der Waals surface area contributed by atoms with E-state index in [2.05, 4.69) is 4.90 Å². The average Bonchev–Trinajstić information content (AvgIpc) is 3.47. The summed E-state index contributed by atoms with van der Waals surface area (Å²) < 4.78 is 5.29. The van der Waals surface area contributed by atoms with Crippen molar-refractivity contribution in [1.29, 1.82) is 0 Å². The molecule has 3 aromatic rings. The average molecular weight is 441 g/mol. The first kappa shape index (κ1) is 20.0. The Kier molecular flexibility index (Phi) is 4.50. The fraction of sp³-hybridized carbons (Fsp3) is 0.231. The Hall–Kier alpha value is -3.68. The number of hydroxylamine groups is 2. The van der Waals surface area contributed by atoms with E-state index in [9.17, 15) is 9.59 Å². The summed E-state index contributed by atoms with van der Waals surface area (Å²) in [7, 11) is 1.64. The summed E-state index contributed by atoms with van der Waals surface area (Å²) in [6.45, 7) is 0.965. The van der Waals surface area contributed by atoms with Gasteiger partial charge in [0.15, 0.2) is 6.10 Å². The number of anilines is 2. The van der Waals surface area contributed by atoms with Crippen LogP contribution in [0.3, 0.4) is 0 Å². The summed E-state index contributed by atoms with van der Waals surface area (Å²) in [6.07, 6.45) is -0.837. The Morgan fingerprint density at radius 3 is 2.18 bits per heavy atom. The van der Waals surface area contributed by atoms with Crippen LogP contribution >= 0.6 is 0 Å². The maximum atomic E-state index is 13.8. The predicted octanol–water partition coefficient (Wildman–Crippen LogP) is 3.17. The standard InChI is InChI=1S/C26H23N3O4/c1-32-21-14-12-19(13-15-21)27-16-26(18-8-4-2-5-9-18)22-23(33-28(26)17-27)25(31)29(24(22)30)20-10-6-3-7-11-20/h2-15,22-23H,16-17H2,1H3/t22-,23+,26-/m0/s1. The third-order valence-electron chi connectivity index (χ3n) is 6.91. The zero-order valence-corrected chi connectivity index (χ0v) is 18.1. The van der Waals surface area contributed by atoms with Crippen molar-refractivity contribution in [2.24, 2.45) is 5.92 Å². The molecule has 166 valence electrons. The molecule has 3 fully saturated rings. The van der Waals surface area contributed by atoms with Crippen molar-refractivity contribution in [3.05, 3.63) is 90.5 Å². The summed E-state index contributed by atoms with van der Waals surface area (Å²) in [6, 6.07) is 26.8. The number of carbonyl (C=O) groups excluding carboxylic acids is 2. The SMILES string of the molecule is COc1ccc(N2CN3O[C@H]4C(=O)N(c5ccccc5)C(=O)[C@H]4[C@@]3(c3ccccc3)C2)cc1. The van der Waals surface area contributed by atoms with Crippen LogP contribution in [0, 0.1) is 5.92 Å². The smallest absolute Gasteiger partial charge is 0.265 e. The number of hydrogen-bond acceptors (Lipinski definition) is 6. The van der Waals surface area contributed by atoms with E-state index in [-0.39, 0.29) is 11.8 Å². The molecule has 3 heterocycles. The van der Waals surface area contributed by atoms with Crippen LogP contribution in [0.1, 0.15) is 5.56 Å². The molecule has 0 spiro atoms. The van der Waals surface area contributed by atoms with Gasteiger partial charge in [-0.1, -0.05) is 48.5 Å². The zero-order valence-electron chi connectivity index (χ0n) is 18.1. The Morgan fingerprint density at radius 2 is 1.52 bits per heavy atom. The number of nitrogens with zero attached hydrogens (tertiary/aromatic N) is 3. The van der Waals surface area contributed by atoms with Crippen LogP contribution in [-0.4, -0.2) is 43.3 Å². The summed E-state index contributed by atoms with van der Waals surface area (Å²) in [5.41, 5.74) is 1.76. The molecule has 6 rings (SSSR count). The highest BCUT2D eigenvalue weighted by Crippen LogP contribution is 2.53. The first-order valence-electron chi connectivity index (χ1n) is 11.0. The molecule has 2 amide bonds. The van der Waals surface area contributed by atoms with E-state index in [1.54, 1.807) is 19.2 Å². The molecule has 3 atom stereocenters. The molecule has 0 N–H and O–H groups in total. The maximum Gasteiger partial charge on any atom is 0.265 e. The monoisotopic (exact) mass is 441 g/mol. The number of amides is 2. The second kappa shape index (κ2) is 7.43. The largest absolute Gasteiger partial charge is 0.497 e. The molecule has 0 bridgehead atoms. The Morgan fingerprint density at radius 1 is 0.848 bits per heavy atom. The Balaban J connectivity index is 1.43. The Labute approximate surface area is 191 Å². The lowest BCUT2D eigenvalue weighted by Gasteiger charge is -2.33. The van der Waals surface area contributed by atoms with E-state index in [1.165, 1.54) is 4.90 Å². The second-order valence-electron chi connectivity index (χ2n) is 8.56. The van der Waals surface area contributed by atoms with E-state index in [0.29, 0.717) is 18.9 Å². The van der Waals surface area contributed by atoms with Crippen molar-refractivity contribution >= 4 is 23.2 Å². The first-order valence-corrected chi connectivity index (χ1v) is 11.0. The predicted molar refractivity (Wildman–Crippen MR) is 122 cm³/mol. The summed E-state index contributed by atoms with van der Waals surface area (Å²) >= 11 is 0. The van der Waals surface area contributed by atoms with Crippen LogP contribution in [0.4, 0.5) is 11.4 Å². The highest BCUT2D eigenvalue weighted by molar-refractivity contribution is 6.24. The van der Waals surface area contributed by atoms with Crippen molar-refractivity contribution in [1.82, 2.24) is 5.06 Å². The van der Waals surface area contributed by atoms with Gasteiger partial charge < -0.3 is 9.64 Å². The van der Waals surface area contributed by atoms with Gasteiger partial charge >= 0.3 is 0 Å². The van der Waals surface area contributed by atoms with Crippen LogP contribution in [0.25, 0.3) is 0 Å². The van der Waals surface area contributed by atoms with Crippen LogP contribution in [0.15, 0.2) is 84.9 Å². The van der Waals surface area contributed by atoms with E-state index < -0.39 is 17.6 Å². The molecule has 3 aromatic carbocycles. The summed E-state index contributed by atoms with van der Waals surface area (Å²) in [4.78, 5) is 36.9. The fourth-order valence-corrected chi connectivity index (χ4v) is 5.37. The molecule has 3 aliphatic rings. The lowest BCUT2D eigenvalue weighted by Crippen LogP contribution is -2.47. The number of rotatable bonds is 4. The van der Waals surface area contributed by atoms with E-state index in [4.69, 9.17) is 9.57 Å². The number of carbonyl (C=O) groups is 2. The molecular formula is C26H23N3O4. The molecule has 3 aliphatic heterocycles. The molecule has 0 radical (unpaired) electrons. The number of hydrogen-bond donors (Lipinski definition) is 0. The van der Waals surface area contributed by atoms with Gasteiger partial charge in [-0.3, -0.25) is 14.4 Å².